The van der Waals surface area contributed by atoms with E-state index in [9.17, 15) is 19.5 Å². The van der Waals surface area contributed by atoms with Gasteiger partial charge in [0.15, 0.2) is 5.96 Å². The van der Waals surface area contributed by atoms with Crippen LogP contribution in [0.3, 0.4) is 0 Å². The molecule has 6 N–H and O–H groups in total. The summed E-state index contributed by atoms with van der Waals surface area (Å²) in [6, 6.07) is 11.3. The van der Waals surface area contributed by atoms with Gasteiger partial charge in [0.1, 0.15) is 6.04 Å². The lowest BCUT2D eigenvalue weighted by Gasteiger charge is -2.42. The Hall–Kier alpha value is -4.12. The van der Waals surface area contributed by atoms with Crippen LogP contribution in [0.15, 0.2) is 42.5 Å². The molecular formula is C31H40N6O5. The maximum Gasteiger partial charge on any atom is 0.335 e. The zero-order valence-corrected chi connectivity index (χ0v) is 24.0. The van der Waals surface area contributed by atoms with Crippen LogP contribution in [0.2, 0.25) is 0 Å². The SMILES string of the molecule is COC1CCN(c2cccc3c2CCN(C(=O)C2CCC(NC(=N)N)CC2)C3C(=O)Nc2ccc(C(=O)O)cc2)CC1. The van der Waals surface area contributed by atoms with Crippen LogP contribution in [0, 0.1) is 11.3 Å². The first kappa shape index (κ1) is 29.4. The second-order valence-corrected chi connectivity index (χ2v) is 11.4. The number of nitrogens with two attached hydrogens (primary N) is 1. The Morgan fingerprint density at radius 1 is 0.976 bits per heavy atom. The summed E-state index contributed by atoms with van der Waals surface area (Å²) >= 11 is 0. The fourth-order valence-corrected chi connectivity index (χ4v) is 6.64. The third kappa shape index (κ3) is 6.35. The molecule has 1 atom stereocenters. The van der Waals surface area contributed by atoms with E-state index in [1.165, 1.54) is 12.1 Å². The number of ether oxygens (including phenoxy) is 1. The van der Waals surface area contributed by atoms with Crippen LogP contribution >= 0.6 is 0 Å². The van der Waals surface area contributed by atoms with E-state index in [0.29, 0.717) is 31.5 Å². The smallest absolute Gasteiger partial charge is 0.335 e. The van der Waals surface area contributed by atoms with Crippen molar-refractivity contribution in [1.29, 1.82) is 5.41 Å². The summed E-state index contributed by atoms with van der Waals surface area (Å²) in [6.07, 6.45) is 5.55. The number of guanidine groups is 1. The van der Waals surface area contributed by atoms with Gasteiger partial charge in [0.25, 0.3) is 5.91 Å². The summed E-state index contributed by atoms with van der Waals surface area (Å²) in [5, 5.41) is 22.7. The van der Waals surface area contributed by atoms with E-state index in [4.69, 9.17) is 15.9 Å². The highest BCUT2D eigenvalue weighted by atomic mass is 16.5. The van der Waals surface area contributed by atoms with Crippen LogP contribution in [0.5, 0.6) is 0 Å². The molecule has 0 radical (unpaired) electrons. The van der Waals surface area contributed by atoms with Crippen LogP contribution in [-0.2, 0) is 20.7 Å². The molecule has 5 rings (SSSR count). The Kier molecular flexibility index (Phi) is 8.96. The number of nitrogens with zero attached hydrogens (tertiary/aromatic N) is 2. The molecule has 2 aliphatic heterocycles. The number of carbonyl (C=O) groups is 3. The summed E-state index contributed by atoms with van der Waals surface area (Å²) in [7, 11) is 1.75. The van der Waals surface area contributed by atoms with Crippen LogP contribution in [-0.4, -0.2) is 72.6 Å². The Morgan fingerprint density at radius 3 is 2.29 bits per heavy atom. The number of rotatable bonds is 7. The average molecular weight is 577 g/mol. The number of piperidine rings is 1. The van der Waals surface area contributed by atoms with Crippen molar-refractivity contribution < 1.29 is 24.2 Å². The van der Waals surface area contributed by atoms with Gasteiger partial charge in [-0.3, -0.25) is 15.0 Å². The van der Waals surface area contributed by atoms with Crippen molar-refractivity contribution in [2.75, 3.05) is 37.0 Å². The van der Waals surface area contributed by atoms with Crippen LogP contribution in [0.4, 0.5) is 11.4 Å². The summed E-state index contributed by atoms with van der Waals surface area (Å²) < 4.78 is 5.56. The van der Waals surface area contributed by atoms with Gasteiger partial charge in [-0.15, -0.1) is 0 Å². The van der Waals surface area contributed by atoms with E-state index in [0.717, 1.165) is 55.6 Å². The molecule has 0 bridgehead atoms. The maximum atomic E-state index is 14.0. The molecule has 2 aromatic rings. The predicted molar refractivity (Wildman–Crippen MR) is 160 cm³/mol. The first-order valence-electron chi connectivity index (χ1n) is 14.7. The quantitative estimate of drug-likeness (QED) is 0.248. The van der Waals surface area contributed by atoms with Gasteiger partial charge in [-0.05, 0) is 86.4 Å². The lowest BCUT2D eigenvalue weighted by molar-refractivity contribution is -0.144. The Bertz CT molecular complexity index is 1320. The van der Waals surface area contributed by atoms with E-state index in [-0.39, 0.29) is 41.4 Å². The molecule has 2 heterocycles. The van der Waals surface area contributed by atoms with Gasteiger partial charge < -0.3 is 36.0 Å². The zero-order valence-electron chi connectivity index (χ0n) is 24.0. The van der Waals surface area contributed by atoms with Crippen LogP contribution in [0.25, 0.3) is 0 Å². The first-order chi connectivity index (χ1) is 20.2. The highest BCUT2D eigenvalue weighted by molar-refractivity contribution is 5.99. The molecule has 1 aliphatic carbocycles. The number of carbonyl (C=O) groups excluding carboxylic acids is 2. The van der Waals surface area contributed by atoms with Gasteiger partial charge in [0.05, 0.1) is 11.7 Å². The summed E-state index contributed by atoms with van der Waals surface area (Å²) in [5.41, 5.74) is 9.13. The molecule has 11 nitrogen and oxygen atoms in total. The highest BCUT2D eigenvalue weighted by Gasteiger charge is 2.40. The van der Waals surface area contributed by atoms with Crippen molar-refractivity contribution in [3.8, 4) is 0 Å². The van der Waals surface area contributed by atoms with Gasteiger partial charge in [-0.25, -0.2) is 4.79 Å². The van der Waals surface area contributed by atoms with Gasteiger partial charge in [-0.1, -0.05) is 12.1 Å². The molecule has 1 saturated carbocycles. The molecule has 42 heavy (non-hydrogen) atoms. The number of benzene rings is 2. The number of aromatic carboxylic acids is 1. The number of fused-ring (bicyclic) bond motifs is 1. The van der Waals surface area contributed by atoms with Crippen molar-refractivity contribution in [3.05, 3.63) is 59.2 Å². The number of anilines is 2. The predicted octanol–water partition coefficient (Wildman–Crippen LogP) is 3.11. The minimum atomic E-state index is -1.04. The molecule has 11 heteroatoms. The van der Waals surface area contributed by atoms with E-state index in [1.807, 2.05) is 12.1 Å². The number of nitrogens with one attached hydrogen (secondary N) is 3. The minimum Gasteiger partial charge on any atom is -0.478 e. The van der Waals surface area contributed by atoms with Crippen molar-refractivity contribution in [2.24, 2.45) is 11.7 Å². The molecule has 1 unspecified atom stereocenters. The number of carboxylic acids is 1. The third-order valence-electron chi connectivity index (χ3n) is 8.88. The Balaban J connectivity index is 1.42. The van der Waals surface area contributed by atoms with E-state index < -0.39 is 12.0 Å². The Labute approximate surface area is 245 Å². The van der Waals surface area contributed by atoms with Gasteiger partial charge in [0.2, 0.25) is 5.91 Å². The molecular weight excluding hydrogens is 536 g/mol. The van der Waals surface area contributed by atoms with Crippen LogP contribution in [0.1, 0.15) is 66.1 Å². The second-order valence-electron chi connectivity index (χ2n) is 11.4. The first-order valence-corrected chi connectivity index (χ1v) is 14.7. The molecule has 2 fully saturated rings. The van der Waals surface area contributed by atoms with Gasteiger partial charge in [-0.2, -0.15) is 0 Å². The lowest BCUT2D eigenvalue weighted by Crippen LogP contribution is -2.49. The third-order valence-corrected chi connectivity index (χ3v) is 8.88. The summed E-state index contributed by atoms with van der Waals surface area (Å²) in [5.74, 6) is -1.67. The Morgan fingerprint density at radius 2 is 1.67 bits per heavy atom. The minimum absolute atomic E-state index is 0.0328. The fourth-order valence-electron chi connectivity index (χ4n) is 6.64. The average Bonchev–Trinajstić information content (AvgIpc) is 3.00. The van der Waals surface area contributed by atoms with Crippen molar-refractivity contribution >= 4 is 35.1 Å². The topological polar surface area (TPSA) is 161 Å². The van der Waals surface area contributed by atoms with E-state index in [2.05, 4.69) is 21.6 Å². The van der Waals surface area contributed by atoms with Gasteiger partial charge in [0, 0.05) is 50.1 Å². The van der Waals surface area contributed by atoms with E-state index in [1.54, 1.807) is 24.1 Å². The molecule has 0 aromatic heterocycles. The maximum absolute atomic E-state index is 14.0. The van der Waals surface area contributed by atoms with Crippen LogP contribution < -0.4 is 21.3 Å². The molecule has 224 valence electrons. The normalized spacial score (nSPS) is 22.6. The van der Waals surface area contributed by atoms with Crippen molar-refractivity contribution in [1.82, 2.24) is 10.2 Å². The monoisotopic (exact) mass is 576 g/mol. The molecule has 0 spiro atoms. The highest BCUT2D eigenvalue weighted by Crippen LogP contribution is 2.39. The number of carboxylic acid groups (broad SMARTS) is 1. The standard InChI is InChI=1S/C31H40N6O5/c1-42-23-13-16-36(17-14-23)26-4-2-3-25-24(26)15-18-37(29(39)19-5-9-22(10-6-19)35-31(32)33)27(25)28(38)34-21-11-7-20(8-12-21)30(40)41/h2-4,7-8,11-12,19,22-23,27H,5-6,9-10,13-18H2,1H3,(H,34,38)(H,40,41)(H4,32,33,35). The molecule has 2 aromatic carbocycles. The zero-order chi connectivity index (χ0) is 29.8. The van der Waals surface area contributed by atoms with Crippen molar-refractivity contribution in [3.63, 3.8) is 0 Å². The molecule has 3 aliphatic rings. The lowest BCUT2D eigenvalue weighted by atomic mass is 9.83. The number of hydrogen-bond acceptors (Lipinski definition) is 6. The summed E-state index contributed by atoms with van der Waals surface area (Å²) in [6.45, 7) is 2.16. The number of methoxy groups -OCH3 is 1. The fraction of sp³-hybridized carbons (Fsp3) is 0.484. The largest absolute Gasteiger partial charge is 0.478 e. The second kappa shape index (κ2) is 12.8. The van der Waals surface area contributed by atoms with Gasteiger partial charge >= 0.3 is 5.97 Å². The van der Waals surface area contributed by atoms with Crippen molar-refractivity contribution in [2.45, 2.75) is 63.1 Å². The molecule has 2 amide bonds. The van der Waals surface area contributed by atoms with E-state index >= 15 is 0 Å². The summed E-state index contributed by atoms with van der Waals surface area (Å²) in [4.78, 5) is 43.4. The number of amides is 2. The molecule has 1 saturated heterocycles. The number of hydrogen-bond donors (Lipinski definition) is 5.